The minimum absolute atomic E-state index is 0.176. The van der Waals surface area contributed by atoms with E-state index in [1.54, 1.807) is 24.1 Å². The van der Waals surface area contributed by atoms with Crippen LogP contribution in [-0.4, -0.2) is 53.0 Å². The number of aromatic nitrogens is 2. The van der Waals surface area contributed by atoms with Gasteiger partial charge in [0.2, 0.25) is 5.95 Å². The van der Waals surface area contributed by atoms with Crippen LogP contribution in [0.4, 0.5) is 11.8 Å². The molecular formula is C10H18N4O2. The van der Waals surface area contributed by atoms with E-state index in [9.17, 15) is 0 Å². The van der Waals surface area contributed by atoms with Gasteiger partial charge in [-0.15, -0.1) is 0 Å². The van der Waals surface area contributed by atoms with Gasteiger partial charge in [-0.3, -0.25) is 0 Å². The summed E-state index contributed by atoms with van der Waals surface area (Å²) in [5.74, 6) is 1.15. The summed E-state index contributed by atoms with van der Waals surface area (Å²) in [5.41, 5.74) is -0.780. The maximum atomic E-state index is 9.15. The van der Waals surface area contributed by atoms with Gasteiger partial charge in [0.05, 0.1) is 18.8 Å². The van der Waals surface area contributed by atoms with E-state index in [1.807, 2.05) is 14.1 Å². The monoisotopic (exact) mass is 226 g/mol. The molecule has 16 heavy (non-hydrogen) atoms. The number of nitrogens with zero attached hydrogens (tertiary/aromatic N) is 3. The lowest BCUT2D eigenvalue weighted by atomic mass is 10.1. The maximum Gasteiger partial charge on any atom is 0.226 e. The lowest BCUT2D eigenvalue weighted by molar-refractivity contribution is 0.147. The molecule has 0 radical (unpaired) electrons. The molecule has 0 saturated heterocycles. The molecule has 1 heterocycles. The quantitative estimate of drug-likeness (QED) is 0.639. The summed E-state index contributed by atoms with van der Waals surface area (Å²) >= 11 is 0. The molecule has 6 nitrogen and oxygen atoms in total. The fraction of sp³-hybridized carbons (Fsp3) is 0.600. The van der Waals surface area contributed by atoms with Crippen molar-refractivity contribution in [2.45, 2.75) is 12.5 Å². The van der Waals surface area contributed by atoms with E-state index in [4.69, 9.17) is 10.2 Å². The molecular weight excluding hydrogens is 208 g/mol. The molecule has 0 unspecified atom stereocenters. The Morgan fingerprint density at radius 2 is 2.00 bits per heavy atom. The SMILES string of the molecule is CN(C)c1nccc(NC(C)(CO)CO)n1. The molecule has 90 valence electrons. The molecule has 1 rings (SSSR count). The highest BCUT2D eigenvalue weighted by Gasteiger charge is 2.22. The summed E-state index contributed by atoms with van der Waals surface area (Å²) in [7, 11) is 3.69. The van der Waals surface area contributed by atoms with E-state index in [0.717, 1.165) is 0 Å². The molecule has 0 saturated carbocycles. The largest absolute Gasteiger partial charge is 0.394 e. The zero-order chi connectivity index (χ0) is 12.2. The second-order valence-corrected chi connectivity index (χ2v) is 4.14. The standard InChI is InChI=1S/C10H18N4O2/c1-10(6-15,7-16)13-8-4-5-11-9(12-8)14(2)3/h4-5,15-16H,6-7H2,1-3H3,(H,11,12,13). The van der Waals surface area contributed by atoms with Crippen molar-refractivity contribution in [2.24, 2.45) is 0 Å². The molecule has 3 N–H and O–H groups in total. The van der Waals surface area contributed by atoms with Gasteiger partial charge < -0.3 is 20.4 Å². The van der Waals surface area contributed by atoms with Crippen LogP contribution in [0, 0.1) is 0 Å². The number of aliphatic hydroxyl groups excluding tert-OH is 2. The summed E-state index contributed by atoms with van der Waals surface area (Å²) in [6.45, 7) is 1.36. The van der Waals surface area contributed by atoms with E-state index in [-0.39, 0.29) is 13.2 Å². The Hall–Kier alpha value is -1.40. The number of anilines is 2. The van der Waals surface area contributed by atoms with E-state index >= 15 is 0 Å². The van der Waals surface area contributed by atoms with Crippen molar-refractivity contribution in [2.75, 3.05) is 37.5 Å². The first kappa shape index (κ1) is 12.7. The Bertz CT molecular complexity index is 339. The maximum absolute atomic E-state index is 9.15. The Morgan fingerprint density at radius 3 is 2.50 bits per heavy atom. The first-order valence-electron chi connectivity index (χ1n) is 5.01. The Kier molecular flexibility index (Phi) is 4.03. The van der Waals surface area contributed by atoms with Crippen molar-refractivity contribution in [3.8, 4) is 0 Å². The fourth-order valence-electron chi connectivity index (χ4n) is 1.07. The predicted molar refractivity (Wildman–Crippen MR) is 62.6 cm³/mol. The zero-order valence-corrected chi connectivity index (χ0v) is 9.80. The van der Waals surface area contributed by atoms with E-state index < -0.39 is 5.54 Å². The second-order valence-electron chi connectivity index (χ2n) is 4.14. The minimum atomic E-state index is -0.780. The van der Waals surface area contributed by atoms with Crippen LogP contribution in [0.3, 0.4) is 0 Å². The van der Waals surface area contributed by atoms with Gasteiger partial charge in [0.25, 0.3) is 0 Å². The molecule has 0 fully saturated rings. The molecule has 0 bridgehead atoms. The minimum Gasteiger partial charge on any atom is -0.394 e. The van der Waals surface area contributed by atoms with Crippen molar-refractivity contribution < 1.29 is 10.2 Å². The van der Waals surface area contributed by atoms with Crippen LogP contribution < -0.4 is 10.2 Å². The molecule has 0 aliphatic rings. The second kappa shape index (κ2) is 5.09. The summed E-state index contributed by atoms with van der Waals surface area (Å²) in [5, 5.41) is 21.3. The van der Waals surface area contributed by atoms with Gasteiger partial charge in [-0.25, -0.2) is 4.98 Å². The molecule has 0 atom stereocenters. The highest BCUT2D eigenvalue weighted by atomic mass is 16.3. The van der Waals surface area contributed by atoms with Gasteiger partial charge in [0, 0.05) is 20.3 Å². The van der Waals surface area contributed by atoms with Gasteiger partial charge in [-0.1, -0.05) is 0 Å². The number of hydrogen-bond donors (Lipinski definition) is 3. The molecule has 6 heteroatoms. The fourth-order valence-corrected chi connectivity index (χ4v) is 1.07. The number of hydrogen-bond acceptors (Lipinski definition) is 6. The van der Waals surface area contributed by atoms with Crippen LogP contribution in [-0.2, 0) is 0 Å². The molecule has 0 spiro atoms. The average Bonchev–Trinajstić information content (AvgIpc) is 2.29. The van der Waals surface area contributed by atoms with Crippen molar-refractivity contribution >= 4 is 11.8 Å². The van der Waals surface area contributed by atoms with Crippen LogP contribution in [0.2, 0.25) is 0 Å². The Labute approximate surface area is 95.0 Å². The Balaban J connectivity index is 2.85. The van der Waals surface area contributed by atoms with Crippen LogP contribution in [0.25, 0.3) is 0 Å². The van der Waals surface area contributed by atoms with Gasteiger partial charge in [0.1, 0.15) is 5.82 Å². The van der Waals surface area contributed by atoms with Crippen molar-refractivity contribution in [1.29, 1.82) is 0 Å². The predicted octanol–water partition coefficient (Wildman–Crippen LogP) is -0.302. The van der Waals surface area contributed by atoms with Gasteiger partial charge in [-0.05, 0) is 13.0 Å². The normalized spacial score (nSPS) is 11.3. The highest BCUT2D eigenvalue weighted by Crippen LogP contribution is 2.14. The summed E-state index contributed by atoms with van der Waals surface area (Å²) in [6.07, 6.45) is 1.62. The third-order valence-electron chi connectivity index (χ3n) is 2.17. The molecule has 1 aromatic heterocycles. The van der Waals surface area contributed by atoms with Crippen molar-refractivity contribution in [1.82, 2.24) is 9.97 Å². The molecule has 0 aliphatic carbocycles. The molecule has 0 aromatic carbocycles. The first-order chi connectivity index (χ1) is 7.50. The topological polar surface area (TPSA) is 81.5 Å². The van der Waals surface area contributed by atoms with E-state index in [1.165, 1.54) is 0 Å². The lowest BCUT2D eigenvalue weighted by Gasteiger charge is -2.27. The molecule has 1 aromatic rings. The third-order valence-corrected chi connectivity index (χ3v) is 2.17. The van der Waals surface area contributed by atoms with Crippen LogP contribution in [0.1, 0.15) is 6.92 Å². The van der Waals surface area contributed by atoms with E-state index in [2.05, 4.69) is 15.3 Å². The highest BCUT2D eigenvalue weighted by molar-refractivity contribution is 5.42. The van der Waals surface area contributed by atoms with Crippen LogP contribution >= 0.6 is 0 Å². The van der Waals surface area contributed by atoms with Gasteiger partial charge in [0.15, 0.2) is 0 Å². The number of rotatable bonds is 5. The van der Waals surface area contributed by atoms with Gasteiger partial charge in [-0.2, -0.15) is 4.98 Å². The van der Waals surface area contributed by atoms with Crippen LogP contribution in [0.5, 0.6) is 0 Å². The number of nitrogens with one attached hydrogen (secondary N) is 1. The lowest BCUT2D eigenvalue weighted by Crippen LogP contribution is -2.42. The first-order valence-corrected chi connectivity index (χ1v) is 5.01. The van der Waals surface area contributed by atoms with Crippen molar-refractivity contribution in [3.05, 3.63) is 12.3 Å². The summed E-state index contributed by atoms with van der Waals surface area (Å²) < 4.78 is 0. The average molecular weight is 226 g/mol. The smallest absolute Gasteiger partial charge is 0.226 e. The van der Waals surface area contributed by atoms with Crippen molar-refractivity contribution in [3.63, 3.8) is 0 Å². The summed E-state index contributed by atoms with van der Waals surface area (Å²) in [4.78, 5) is 10.1. The van der Waals surface area contributed by atoms with E-state index in [0.29, 0.717) is 11.8 Å². The number of aliphatic hydroxyl groups is 2. The molecule has 0 aliphatic heterocycles. The molecule has 0 amide bonds. The third kappa shape index (κ3) is 3.04. The van der Waals surface area contributed by atoms with Crippen LogP contribution in [0.15, 0.2) is 12.3 Å². The zero-order valence-electron chi connectivity index (χ0n) is 9.80. The Morgan fingerprint density at radius 1 is 1.38 bits per heavy atom. The summed E-state index contributed by atoms with van der Waals surface area (Å²) in [6, 6.07) is 1.69. The van der Waals surface area contributed by atoms with Gasteiger partial charge >= 0.3 is 0 Å².